The van der Waals surface area contributed by atoms with Crippen LogP contribution in [0.15, 0.2) is 75.0 Å². The second-order valence-electron chi connectivity index (χ2n) is 10.1. The first kappa shape index (κ1) is 25.6. The SMILES string of the molecule is Cc1ccc(COc2cc(N(C)C)ccc2C=Nn2c(C(C)(C)C)nc3ccc(Br)cc3c2=O)cc1. The van der Waals surface area contributed by atoms with E-state index in [1.54, 1.807) is 12.3 Å². The molecule has 0 N–H and O–H groups in total. The Kier molecular flexibility index (Phi) is 7.31. The fraction of sp³-hybridized carbons (Fsp3) is 0.276. The number of halogens is 1. The number of rotatable bonds is 6. The summed E-state index contributed by atoms with van der Waals surface area (Å²) in [5, 5.41) is 5.14. The minimum Gasteiger partial charge on any atom is -0.488 e. The molecule has 0 saturated heterocycles. The number of benzene rings is 3. The van der Waals surface area contributed by atoms with E-state index >= 15 is 0 Å². The number of ether oxygens (including phenoxy) is 1. The van der Waals surface area contributed by atoms with Gasteiger partial charge in [0.1, 0.15) is 18.2 Å². The van der Waals surface area contributed by atoms with E-state index in [1.807, 2.05) is 70.1 Å². The number of nitrogens with zero attached hydrogens (tertiary/aromatic N) is 4. The van der Waals surface area contributed by atoms with Gasteiger partial charge in [-0.05, 0) is 42.8 Å². The van der Waals surface area contributed by atoms with Crippen LogP contribution in [0, 0.1) is 6.92 Å². The van der Waals surface area contributed by atoms with E-state index in [0.717, 1.165) is 21.3 Å². The zero-order valence-corrected chi connectivity index (χ0v) is 23.1. The molecule has 0 fully saturated rings. The van der Waals surface area contributed by atoms with Crippen molar-refractivity contribution >= 4 is 38.7 Å². The number of hydrogen-bond donors (Lipinski definition) is 0. The third-order valence-electron chi connectivity index (χ3n) is 5.82. The molecule has 7 heteroatoms. The van der Waals surface area contributed by atoms with Crippen LogP contribution in [-0.4, -0.2) is 30.0 Å². The first-order chi connectivity index (χ1) is 17.0. The lowest BCUT2D eigenvalue weighted by atomic mass is 9.95. The summed E-state index contributed by atoms with van der Waals surface area (Å²) in [5.41, 5.74) is 4.11. The van der Waals surface area contributed by atoms with Gasteiger partial charge >= 0.3 is 0 Å². The van der Waals surface area contributed by atoms with Gasteiger partial charge in [-0.25, -0.2) is 4.98 Å². The summed E-state index contributed by atoms with van der Waals surface area (Å²) in [4.78, 5) is 20.3. The largest absolute Gasteiger partial charge is 0.488 e. The molecule has 36 heavy (non-hydrogen) atoms. The Morgan fingerprint density at radius 2 is 1.78 bits per heavy atom. The maximum atomic E-state index is 13.5. The summed E-state index contributed by atoms with van der Waals surface area (Å²) >= 11 is 3.46. The van der Waals surface area contributed by atoms with Crippen LogP contribution in [0.25, 0.3) is 10.9 Å². The summed E-state index contributed by atoms with van der Waals surface area (Å²) < 4.78 is 8.45. The van der Waals surface area contributed by atoms with Gasteiger partial charge in [-0.15, -0.1) is 0 Å². The third kappa shape index (κ3) is 5.68. The summed E-state index contributed by atoms with van der Waals surface area (Å²) in [6.45, 7) is 8.55. The summed E-state index contributed by atoms with van der Waals surface area (Å²) in [7, 11) is 3.97. The monoisotopic (exact) mass is 546 g/mol. The molecule has 0 unspecified atom stereocenters. The molecule has 4 rings (SSSR count). The van der Waals surface area contributed by atoms with Crippen molar-refractivity contribution in [3.63, 3.8) is 0 Å². The molecule has 0 aliphatic carbocycles. The summed E-state index contributed by atoms with van der Waals surface area (Å²) in [5.74, 6) is 1.28. The van der Waals surface area contributed by atoms with Crippen molar-refractivity contribution in [2.75, 3.05) is 19.0 Å². The lowest BCUT2D eigenvalue weighted by molar-refractivity contribution is 0.306. The second kappa shape index (κ2) is 10.3. The predicted molar refractivity (Wildman–Crippen MR) is 152 cm³/mol. The van der Waals surface area contributed by atoms with Crippen LogP contribution in [0.1, 0.15) is 43.3 Å². The molecule has 0 bridgehead atoms. The van der Waals surface area contributed by atoms with E-state index < -0.39 is 5.41 Å². The third-order valence-corrected chi connectivity index (χ3v) is 6.31. The van der Waals surface area contributed by atoms with Gasteiger partial charge in [0, 0.05) is 41.3 Å². The fourth-order valence-electron chi connectivity index (χ4n) is 3.74. The van der Waals surface area contributed by atoms with Crippen LogP contribution in [0.4, 0.5) is 5.69 Å². The van der Waals surface area contributed by atoms with Crippen molar-refractivity contribution in [1.29, 1.82) is 0 Å². The van der Waals surface area contributed by atoms with Crippen molar-refractivity contribution < 1.29 is 4.74 Å². The quantitative estimate of drug-likeness (QED) is 0.266. The van der Waals surface area contributed by atoms with E-state index in [9.17, 15) is 4.79 Å². The van der Waals surface area contributed by atoms with Crippen LogP contribution < -0.4 is 15.2 Å². The van der Waals surface area contributed by atoms with E-state index in [1.165, 1.54) is 10.2 Å². The molecule has 186 valence electrons. The summed E-state index contributed by atoms with van der Waals surface area (Å²) in [6, 6.07) is 19.7. The Morgan fingerprint density at radius 1 is 1.06 bits per heavy atom. The van der Waals surface area contributed by atoms with E-state index in [0.29, 0.717) is 29.1 Å². The van der Waals surface area contributed by atoms with E-state index in [-0.39, 0.29) is 5.56 Å². The van der Waals surface area contributed by atoms with Gasteiger partial charge in [-0.1, -0.05) is 66.5 Å². The molecular formula is C29H31BrN4O2. The molecule has 4 aromatic rings. The summed E-state index contributed by atoms with van der Waals surface area (Å²) in [6.07, 6.45) is 1.67. The highest BCUT2D eigenvalue weighted by molar-refractivity contribution is 9.10. The zero-order valence-electron chi connectivity index (χ0n) is 21.5. The Morgan fingerprint density at radius 3 is 2.44 bits per heavy atom. The molecular weight excluding hydrogens is 516 g/mol. The molecule has 0 radical (unpaired) electrons. The first-order valence-electron chi connectivity index (χ1n) is 11.8. The van der Waals surface area contributed by atoms with Gasteiger partial charge in [-0.2, -0.15) is 9.78 Å². The number of hydrogen-bond acceptors (Lipinski definition) is 5. The van der Waals surface area contributed by atoms with Gasteiger partial charge in [0.05, 0.1) is 17.1 Å². The lowest BCUT2D eigenvalue weighted by Gasteiger charge is -2.21. The molecule has 0 saturated carbocycles. The van der Waals surface area contributed by atoms with Crippen LogP contribution in [-0.2, 0) is 12.0 Å². The lowest BCUT2D eigenvalue weighted by Crippen LogP contribution is -2.29. The van der Waals surface area contributed by atoms with Crippen LogP contribution in [0.3, 0.4) is 0 Å². The normalized spacial score (nSPS) is 11.9. The zero-order chi connectivity index (χ0) is 26.0. The minimum absolute atomic E-state index is 0.213. The Labute approximate surface area is 220 Å². The fourth-order valence-corrected chi connectivity index (χ4v) is 4.10. The molecule has 0 amide bonds. The molecule has 1 heterocycles. The highest BCUT2D eigenvalue weighted by atomic mass is 79.9. The molecule has 1 aromatic heterocycles. The first-order valence-corrected chi connectivity index (χ1v) is 12.6. The van der Waals surface area contributed by atoms with Crippen molar-refractivity contribution in [2.45, 2.75) is 39.7 Å². The van der Waals surface area contributed by atoms with Crippen LogP contribution in [0.5, 0.6) is 5.75 Å². The topological polar surface area (TPSA) is 59.7 Å². The van der Waals surface area contributed by atoms with Crippen molar-refractivity contribution in [1.82, 2.24) is 9.66 Å². The van der Waals surface area contributed by atoms with E-state index in [2.05, 4.69) is 52.2 Å². The van der Waals surface area contributed by atoms with Crippen LogP contribution >= 0.6 is 15.9 Å². The maximum absolute atomic E-state index is 13.5. The molecule has 0 spiro atoms. The molecule has 6 nitrogen and oxygen atoms in total. The van der Waals surface area contributed by atoms with Gasteiger partial charge in [0.2, 0.25) is 0 Å². The number of anilines is 1. The second-order valence-corrected chi connectivity index (χ2v) is 11.0. The Hall–Kier alpha value is -3.45. The van der Waals surface area contributed by atoms with Crippen molar-refractivity contribution in [3.8, 4) is 5.75 Å². The smallest absolute Gasteiger partial charge is 0.282 e. The average molecular weight is 547 g/mol. The predicted octanol–water partition coefficient (Wildman–Crippen LogP) is 6.29. The van der Waals surface area contributed by atoms with Gasteiger partial charge < -0.3 is 9.64 Å². The Balaban J connectivity index is 1.78. The molecule has 0 atom stereocenters. The van der Waals surface area contributed by atoms with Crippen molar-refractivity contribution in [3.05, 3.63) is 98.0 Å². The van der Waals surface area contributed by atoms with Crippen molar-refractivity contribution in [2.24, 2.45) is 5.10 Å². The van der Waals surface area contributed by atoms with Gasteiger partial charge in [-0.3, -0.25) is 4.79 Å². The number of fused-ring (bicyclic) bond motifs is 1. The molecule has 0 aliphatic heterocycles. The Bertz CT molecular complexity index is 1480. The number of aryl methyl sites for hydroxylation is 1. The average Bonchev–Trinajstić information content (AvgIpc) is 2.83. The van der Waals surface area contributed by atoms with Crippen LogP contribution in [0.2, 0.25) is 0 Å². The van der Waals surface area contributed by atoms with Gasteiger partial charge in [0.15, 0.2) is 0 Å². The van der Waals surface area contributed by atoms with E-state index in [4.69, 9.17) is 9.72 Å². The molecule has 3 aromatic carbocycles. The molecule has 0 aliphatic rings. The minimum atomic E-state index is -0.392. The standard InChI is InChI=1S/C29H31BrN4O2/c1-19-7-9-20(10-8-19)18-36-26-16-23(33(5)6)13-11-21(26)17-31-34-27(35)24-15-22(30)12-14-25(24)32-28(34)29(2,3)4/h7-17H,18H2,1-6H3. The van der Waals surface area contributed by atoms with Gasteiger partial charge in [0.25, 0.3) is 5.56 Å². The highest BCUT2D eigenvalue weighted by Crippen LogP contribution is 2.26. The highest BCUT2D eigenvalue weighted by Gasteiger charge is 2.23. The maximum Gasteiger partial charge on any atom is 0.282 e. The number of aromatic nitrogens is 2.